The molecular formula is C41H47F3N6O5S. The van der Waals surface area contributed by atoms with Crippen LogP contribution in [-0.2, 0) is 29.8 Å². The number of aryl methyl sites for hydroxylation is 1. The molecule has 1 N–H and O–H groups in total. The first-order valence-electron chi connectivity index (χ1n) is 19.3. The largest absolute Gasteiger partial charge is 0.497 e. The Morgan fingerprint density at radius 1 is 0.946 bits per heavy atom. The van der Waals surface area contributed by atoms with Gasteiger partial charge < -0.3 is 14.2 Å². The van der Waals surface area contributed by atoms with Crippen molar-refractivity contribution >= 4 is 44.4 Å². The lowest BCUT2D eigenvalue weighted by molar-refractivity contribution is -0.141. The zero-order chi connectivity index (χ0) is 39.8. The van der Waals surface area contributed by atoms with Gasteiger partial charge >= 0.3 is 6.18 Å². The maximum absolute atomic E-state index is 14.9. The average molecular weight is 793 g/mol. The predicted octanol–water partition coefficient (Wildman–Crippen LogP) is 7.06. The highest BCUT2D eigenvalue weighted by Crippen LogP contribution is 2.48. The van der Waals surface area contributed by atoms with Crippen molar-refractivity contribution in [3.05, 3.63) is 70.0 Å². The SMILES string of the molecule is COc1ccc2c(c1)C=C(c1c(C(=O)N3CC4CCC(C3)N4C)c(C(F)(F)F)nn1C)Cn1c-2c(C2CCCCC2)c2ccc(C(=O)NS(=O)(=O)C(C)C)cc21. The van der Waals surface area contributed by atoms with E-state index in [9.17, 15) is 31.2 Å². The van der Waals surface area contributed by atoms with Crippen LogP contribution in [0.15, 0.2) is 36.4 Å². The van der Waals surface area contributed by atoms with Crippen LogP contribution < -0.4 is 9.46 Å². The zero-order valence-corrected chi connectivity index (χ0v) is 33.1. The van der Waals surface area contributed by atoms with E-state index in [2.05, 4.69) is 14.7 Å². The molecule has 3 aliphatic heterocycles. The van der Waals surface area contributed by atoms with Crippen LogP contribution >= 0.6 is 0 Å². The van der Waals surface area contributed by atoms with Crippen molar-refractivity contribution in [1.29, 1.82) is 0 Å². The highest BCUT2D eigenvalue weighted by Gasteiger charge is 2.46. The summed E-state index contributed by atoms with van der Waals surface area (Å²) in [5.74, 6) is -0.760. The Morgan fingerprint density at radius 2 is 1.64 bits per heavy atom. The number of likely N-dealkylation sites (N-methyl/N-ethyl adjacent to an activating group) is 1. The van der Waals surface area contributed by atoms with E-state index < -0.39 is 44.5 Å². The van der Waals surface area contributed by atoms with Crippen molar-refractivity contribution in [3.8, 4) is 17.0 Å². The fraction of sp³-hybridized carbons (Fsp3) is 0.488. The number of methoxy groups -OCH3 is 1. The van der Waals surface area contributed by atoms with E-state index in [4.69, 9.17) is 4.74 Å². The molecule has 0 radical (unpaired) electrons. The predicted molar refractivity (Wildman–Crippen MR) is 208 cm³/mol. The summed E-state index contributed by atoms with van der Waals surface area (Å²) in [5, 5.41) is 4.04. The summed E-state index contributed by atoms with van der Waals surface area (Å²) in [6, 6.07) is 10.9. The Hall–Kier alpha value is -4.63. The van der Waals surface area contributed by atoms with Crippen LogP contribution in [-0.4, -0.2) is 89.0 Å². The lowest BCUT2D eigenvalue weighted by Gasteiger charge is -2.39. The summed E-state index contributed by atoms with van der Waals surface area (Å²) < 4.78 is 81.3. The number of halogens is 3. The fourth-order valence-electron chi connectivity index (χ4n) is 9.36. The number of alkyl halides is 3. The maximum atomic E-state index is 14.9. The number of hydrogen-bond acceptors (Lipinski definition) is 7. The summed E-state index contributed by atoms with van der Waals surface area (Å²) in [4.78, 5) is 31.8. The normalized spacial score (nSPS) is 20.5. The van der Waals surface area contributed by atoms with Crippen molar-refractivity contribution in [3.63, 3.8) is 0 Å². The first-order chi connectivity index (χ1) is 26.6. The summed E-state index contributed by atoms with van der Waals surface area (Å²) in [6.45, 7) is 3.66. The number of rotatable bonds is 7. The maximum Gasteiger partial charge on any atom is 0.435 e. The number of allylic oxidation sites excluding steroid dienone is 1. The van der Waals surface area contributed by atoms with Crippen LogP contribution in [0.5, 0.6) is 5.75 Å². The van der Waals surface area contributed by atoms with Gasteiger partial charge in [0.15, 0.2) is 5.69 Å². The second-order valence-corrected chi connectivity index (χ2v) is 18.3. The van der Waals surface area contributed by atoms with Gasteiger partial charge in [-0.25, -0.2) is 13.1 Å². The molecular weight excluding hydrogens is 746 g/mol. The standard InChI is InChI=1S/C41H47F3N6O5S/c1-23(2)56(53,54)46-39(51)25-11-15-32-33(19-25)50-20-27(17-26-18-30(55-5)14-16-31(26)37(50)34(32)24-9-7-6-8-10-24)36-35(38(41(42,43)44)45-48(36)4)40(52)49-21-28-12-13-29(22-49)47(28)3/h11,14-19,23-24,28-29H,6-10,12-13,20-22H2,1-5H3,(H,46,51). The van der Waals surface area contributed by atoms with Crippen LogP contribution in [0.3, 0.4) is 0 Å². The number of ether oxygens (including phenoxy) is 1. The number of amides is 2. The summed E-state index contributed by atoms with van der Waals surface area (Å²) in [6.07, 6.45) is 3.74. The van der Waals surface area contributed by atoms with Crippen LogP contribution in [0.4, 0.5) is 13.2 Å². The highest BCUT2D eigenvalue weighted by atomic mass is 32.2. The van der Waals surface area contributed by atoms with Crippen molar-refractivity contribution in [2.45, 2.75) is 94.8 Å². The Balaban J connectivity index is 1.36. The molecule has 3 fully saturated rings. The number of hydrogen-bond donors (Lipinski definition) is 1. The molecule has 2 aromatic heterocycles. The topological polar surface area (TPSA) is 119 Å². The molecule has 15 heteroatoms. The van der Waals surface area contributed by atoms with E-state index in [0.29, 0.717) is 35.5 Å². The van der Waals surface area contributed by atoms with Gasteiger partial charge in [0.1, 0.15) is 5.75 Å². The molecule has 1 saturated carbocycles. The van der Waals surface area contributed by atoms with Crippen molar-refractivity contribution < 1.29 is 35.9 Å². The minimum Gasteiger partial charge on any atom is -0.497 e. The Labute approximate surface area is 324 Å². The monoisotopic (exact) mass is 792 g/mol. The lowest BCUT2D eigenvalue weighted by atomic mass is 9.81. The number of carbonyl (C=O) groups excluding carboxylic acids is 2. The number of carbonyl (C=O) groups is 2. The molecule has 2 saturated heterocycles. The molecule has 4 aliphatic rings. The number of nitrogens with one attached hydrogen (secondary N) is 1. The van der Waals surface area contributed by atoms with E-state index in [1.807, 2.05) is 42.0 Å². The molecule has 5 heterocycles. The summed E-state index contributed by atoms with van der Waals surface area (Å²) in [7, 11) is 1.06. The second-order valence-electron chi connectivity index (χ2n) is 16.0. The zero-order valence-electron chi connectivity index (χ0n) is 32.2. The van der Waals surface area contributed by atoms with E-state index in [1.165, 1.54) is 25.6 Å². The molecule has 4 aromatic rings. The van der Waals surface area contributed by atoms with Crippen LogP contribution in [0.25, 0.3) is 33.8 Å². The first kappa shape index (κ1) is 38.3. The molecule has 0 spiro atoms. The number of benzene rings is 2. The number of likely N-dealkylation sites (tertiary alicyclic amines) is 1. The Morgan fingerprint density at radius 3 is 2.29 bits per heavy atom. The molecule has 2 aromatic carbocycles. The van der Waals surface area contributed by atoms with Gasteiger partial charge in [0.05, 0.1) is 35.9 Å². The Kier molecular flexibility index (Phi) is 9.62. The summed E-state index contributed by atoms with van der Waals surface area (Å²) in [5.41, 5.74) is 3.00. The van der Waals surface area contributed by atoms with Gasteiger partial charge in [-0.15, -0.1) is 0 Å². The second kappa shape index (κ2) is 14.1. The van der Waals surface area contributed by atoms with Crippen molar-refractivity contribution in [2.24, 2.45) is 7.05 Å². The third-order valence-electron chi connectivity index (χ3n) is 12.4. The van der Waals surface area contributed by atoms with Crippen LogP contribution in [0.1, 0.15) is 108 Å². The van der Waals surface area contributed by atoms with Gasteiger partial charge in [-0.05, 0) is 106 Å². The molecule has 2 unspecified atom stereocenters. The molecule has 2 atom stereocenters. The number of piperazine rings is 1. The highest BCUT2D eigenvalue weighted by molar-refractivity contribution is 7.90. The third kappa shape index (κ3) is 6.49. The molecule has 298 valence electrons. The number of aromatic nitrogens is 3. The molecule has 8 rings (SSSR count). The van der Waals surface area contributed by atoms with Crippen molar-refractivity contribution in [1.82, 2.24) is 28.9 Å². The van der Waals surface area contributed by atoms with Gasteiger partial charge in [-0.1, -0.05) is 25.3 Å². The van der Waals surface area contributed by atoms with E-state index in [1.54, 1.807) is 24.1 Å². The number of fused-ring (bicyclic) bond motifs is 7. The van der Waals surface area contributed by atoms with Crippen molar-refractivity contribution in [2.75, 3.05) is 27.2 Å². The fourth-order valence-corrected chi connectivity index (χ4v) is 9.98. The van der Waals surface area contributed by atoms with E-state index in [0.717, 1.165) is 67.2 Å². The van der Waals surface area contributed by atoms with Crippen LogP contribution in [0.2, 0.25) is 0 Å². The van der Waals surface area contributed by atoms with Gasteiger partial charge in [-0.2, -0.15) is 18.3 Å². The van der Waals surface area contributed by atoms with Crippen LogP contribution in [0, 0.1) is 0 Å². The lowest BCUT2D eigenvalue weighted by Crippen LogP contribution is -2.53. The van der Waals surface area contributed by atoms with Gasteiger partial charge in [0, 0.05) is 54.3 Å². The Bertz CT molecular complexity index is 2380. The first-order valence-corrected chi connectivity index (χ1v) is 20.9. The quantitative estimate of drug-likeness (QED) is 0.213. The van der Waals surface area contributed by atoms with E-state index in [-0.39, 0.29) is 35.8 Å². The smallest absolute Gasteiger partial charge is 0.435 e. The summed E-state index contributed by atoms with van der Waals surface area (Å²) >= 11 is 0. The molecule has 11 nitrogen and oxygen atoms in total. The number of nitrogens with zero attached hydrogens (tertiary/aromatic N) is 5. The number of sulfonamides is 1. The minimum atomic E-state index is -4.91. The third-order valence-corrected chi connectivity index (χ3v) is 14.1. The van der Waals surface area contributed by atoms with E-state index >= 15 is 0 Å². The van der Waals surface area contributed by atoms with Gasteiger partial charge in [0.2, 0.25) is 10.0 Å². The molecule has 1 aliphatic carbocycles. The average Bonchev–Trinajstić information content (AvgIpc) is 3.68. The minimum absolute atomic E-state index is 0.0377. The van der Waals surface area contributed by atoms with Gasteiger partial charge in [0.25, 0.3) is 11.8 Å². The molecule has 2 amide bonds. The molecule has 56 heavy (non-hydrogen) atoms. The van der Waals surface area contributed by atoms with Gasteiger partial charge in [-0.3, -0.25) is 19.2 Å². The molecule has 2 bridgehead atoms.